The maximum absolute atomic E-state index is 12.3. The smallest absolute Gasteiger partial charge is 0.242 e. The molecule has 0 saturated carbocycles. The monoisotopic (exact) mass is 412 g/mol. The van der Waals surface area contributed by atoms with Crippen LogP contribution in [0.5, 0.6) is 0 Å². The summed E-state index contributed by atoms with van der Waals surface area (Å²) in [6, 6.07) is 13.2. The van der Waals surface area contributed by atoms with Crippen LogP contribution in [0.1, 0.15) is 24.0 Å². The van der Waals surface area contributed by atoms with Crippen LogP contribution in [0.2, 0.25) is 10.0 Å². The molecule has 1 N–H and O–H groups in total. The van der Waals surface area contributed by atoms with E-state index in [4.69, 9.17) is 23.2 Å². The van der Waals surface area contributed by atoms with E-state index in [-0.39, 0.29) is 14.9 Å². The Balaban J connectivity index is 1.44. The first-order chi connectivity index (χ1) is 12.5. The summed E-state index contributed by atoms with van der Waals surface area (Å²) in [5.74, 6) is 0. The van der Waals surface area contributed by atoms with Gasteiger partial charge in [-0.2, -0.15) is 0 Å². The molecule has 1 heterocycles. The summed E-state index contributed by atoms with van der Waals surface area (Å²) in [5.41, 5.74) is 2.84. The van der Waals surface area contributed by atoms with Crippen molar-refractivity contribution in [1.82, 2.24) is 9.62 Å². The molecule has 3 rings (SSSR count). The van der Waals surface area contributed by atoms with Crippen molar-refractivity contribution >= 4 is 33.2 Å². The molecule has 0 atom stereocenters. The Morgan fingerprint density at radius 2 is 1.77 bits per heavy atom. The summed E-state index contributed by atoms with van der Waals surface area (Å²) in [6.45, 7) is 3.38. The van der Waals surface area contributed by atoms with Crippen LogP contribution >= 0.6 is 23.2 Å². The number of rotatable bonds is 7. The second-order valence-corrected chi connectivity index (χ2v) is 8.97. The first-order valence-corrected chi connectivity index (χ1v) is 10.9. The van der Waals surface area contributed by atoms with E-state index >= 15 is 0 Å². The molecule has 1 aliphatic heterocycles. The Kier molecular flexibility index (Phi) is 6.59. The zero-order chi connectivity index (χ0) is 18.6. The standard InChI is InChI=1S/C19H22Cl2N2O2S/c20-17-8-5-9-18(19(17)21)26(24,25)22-11-3-4-12-23-13-10-15-6-1-2-7-16(15)14-23/h1-2,5-9,22H,3-4,10-14H2. The van der Waals surface area contributed by atoms with Crippen LogP contribution in [-0.2, 0) is 23.0 Å². The Bertz CT molecular complexity index is 872. The highest BCUT2D eigenvalue weighted by atomic mass is 35.5. The van der Waals surface area contributed by atoms with Crippen LogP contribution in [-0.4, -0.2) is 33.0 Å². The Morgan fingerprint density at radius 1 is 1.00 bits per heavy atom. The molecule has 0 fully saturated rings. The third-order valence-electron chi connectivity index (χ3n) is 4.61. The molecule has 2 aromatic rings. The molecule has 0 amide bonds. The van der Waals surface area contributed by atoms with Crippen molar-refractivity contribution in [3.05, 3.63) is 63.6 Å². The summed E-state index contributed by atoms with van der Waals surface area (Å²) in [4.78, 5) is 2.45. The molecule has 26 heavy (non-hydrogen) atoms. The van der Waals surface area contributed by atoms with Crippen molar-refractivity contribution in [3.8, 4) is 0 Å². The van der Waals surface area contributed by atoms with Gasteiger partial charge in [-0.25, -0.2) is 13.1 Å². The van der Waals surface area contributed by atoms with Gasteiger partial charge in [0.05, 0.1) is 10.0 Å². The molecular formula is C19H22Cl2N2O2S. The number of nitrogens with one attached hydrogen (secondary N) is 1. The van der Waals surface area contributed by atoms with E-state index in [1.165, 1.54) is 17.2 Å². The van der Waals surface area contributed by atoms with Crippen LogP contribution in [0.4, 0.5) is 0 Å². The van der Waals surface area contributed by atoms with Gasteiger partial charge >= 0.3 is 0 Å². The minimum Gasteiger partial charge on any atom is -0.299 e. The number of unbranched alkanes of at least 4 members (excludes halogenated alkanes) is 1. The lowest BCUT2D eigenvalue weighted by Crippen LogP contribution is -2.32. The quantitative estimate of drug-likeness (QED) is 0.695. The van der Waals surface area contributed by atoms with Crippen molar-refractivity contribution in [2.45, 2.75) is 30.7 Å². The van der Waals surface area contributed by atoms with Crippen LogP contribution in [0.3, 0.4) is 0 Å². The van der Waals surface area contributed by atoms with Crippen molar-refractivity contribution in [1.29, 1.82) is 0 Å². The van der Waals surface area contributed by atoms with Crippen molar-refractivity contribution in [3.63, 3.8) is 0 Å². The van der Waals surface area contributed by atoms with Gasteiger partial charge in [0, 0.05) is 19.6 Å². The maximum atomic E-state index is 12.3. The van der Waals surface area contributed by atoms with Crippen molar-refractivity contribution in [2.75, 3.05) is 19.6 Å². The molecule has 0 aromatic heterocycles. The Hall–Kier alpha value is -1.11. The lowest BCUT2D eigenvalue weighted by Gasteiger charge is -2.28. The fourth-order valence-electron chi connectivity index (χ4n) is 3.18. The zero-order valence-electron chi connectivity index (χ0n) is 14.4. The summed E-state index contributed by atoms with van der Waals surface area (Å²) >= 11 is 11.9. The first-order valence-electron chi connectivity index (χ1n) is 8.70. The third-order valence-corrected chi connectivity index (χ3v) is 7.04. The van der Waals surface area contributed by atoms with Gasteiger partial charge in [0.25, 0.3) is 0 Å². The number of hydrogen-bond acceptors (Lipinski definition) is 3. The van der Waals surface area contributed by atoms with E-state index in [0.29, 0.717) is 6.54 Å². The second kappa shape index (κ2) is 8.72. The number of benzene rings is 2. The highest BCUT2D eigenvalue weighted by Gasteiger charge is 2.19. The number of sulfonamides is 1. The van der Waals surface area contributed by atoms with Gasteiger partial charge in [-0.15, -0.1) is 0 Å². The van der Waals surface area contributed by atoms with Gasteiger partial charge < -0.3 is 0 Å². The molecule has 0 unspecified atom stereocenters. The number of hydrogen-bond donors (Lipinski definition) is 1. The van der Waals surface area contributed by atoms with Gasteiger partial charge in [-0.05, 0) is 49.1 Å². The molecule has 2 aromatic carbocycles. The molecule has 7 heteroatoms. The van der Waals surface area contributed by atoms with Crippen molar-refractivity contribution < 1.29 is 8.42 Å². The molecular weight excluding hydrogens is 391 g/mol. The molecule has 0 radical (unpaired) electrons. The fraction of sp³-hybridized carbons (Fsp3) is 0.368. The van der Waals surface area contributed by atoms with Gasteiger partial charge in [0.15, 0.2) is 0 Å². The SMILES string of the molecule is O=S(=O)(NCCCCN1CCc2ccccc2C1)c1cccc(Cl)c1Cl. The number of nitrogens with zero attached hydrogens (tertiary/aromatic N) is 1. The Labute approximate surface area is 165 Å². The van der Waals surface area contributed by atoms with E-state index < -0.39 is 10.0 Å². The van der Waals surface area contributed by atoms with Crippen molar-refractivity contribution in [2.24, 2.45) is 0 Å². The van der Waals surface area contributed by atoms with Gasteiger partial charge in [0.2, 0.25) is 10.0 Å². The predicted molar refractivity (Wildman–Crippen MR) is 106 cm³/mol. The number of fused-ring (bicyclic) bond motifs is 1. The zero-order valence-corrected chi connectivity index (χ0v) is 16.7. The van der Waals surface area contributed by atoms with Gasteiger partial charge in [-0.3, -0.25) is 4.90 Å². The van der Waals surface area contributed by atoms with E-state index in [1.54, 1.807) is 12.1 Å². The van der Waals surface area contributed by atoms with E-state index in [9.17, 15) is 8.42 Å². The number of halogens is 2. The third kappa shape index (κ3) is 4.78. The normalized spacial score (nSPS) is 15.0. The maximum Gasteiger partial charge on any atom is 0.242 e. The largest absolute Gasteiger partial charge is 0.299 e. The highest BCUT2D eigenvalue weighted by molar-refractivity contribution is 7.89. The van der Waals surface area contributed by atoms with Crippen LogP contribution in [0, 0.1) is 0 Å². The molecule has 0 spiro atoms. The van der Waals surface area contributed by atoms with Crippen LogP contribution < -0.4 is 4.72 Å². The van der Waals surface area contributed by atoms with Crippen LogP contribution in [0.25, 0.3) is 0 Å². The average molecular weight is 413 g/mol. The molecule has 0 aliphatic carbocycles. The lowest BCUT2D eigenvalue weighted by molar-refractivity contribution is 0.249. The fourth-order valence-corrected chi connectivity index (χ4v) is 5.01. The van der Waals surface area contributed by atoms with E-state index in [1.807, 2.05) is 0 Å². The molecule has 4 nitrogen and oxygen atoms in total. The molecule has 0 saturated heterocycles. The van der Waals surface area contributed by atoms with Gasteiger partial charge in [-0.1, -0.05) is 53.5 Å². The topological polar surface area (TPSA) is 49.4 Å². The molecule has 1 aliphatic rings. The lowest BCUT2D eigenvalue weighted by atomic mass is 10.00. The summed E-state index contributed by atoms with van der Waals surface area (Å²) < 4.78 is 27.3. The average Bonchev–Trinajstić information content (AvgIpc) is 2.63. The van der Waals surface area contributed by atoms with E-state index in [0.717, 1.165) is 38.9 Å². The molecule has 0 bridgehead atoms. The molecule has 140 valence electrons. The predicted octanol–water partition coefficient (Wildman–Crippen LogP) is 4.11. The van der Waals surface area contributed by atoms with Gasteiger partial charge in [0.1, 0.15) is 4.90 Å². The highest BCUT2D eigenvalue weighted by Crippen LogP contribution is 2.28. The minimum absolute atomic E-state index is 0.0271. The van der Waals surface area contributed by atoms with Crippen LogP contribution in [0.15, 0.2) is 47.4 Å². The second-order valence-electron chi connectivity index (χ2n) is 6.45. The summed E-state index contributed by atoms with van der Waals surface area (Å²) in [7, 11) is -3.64. The Morgan fingerprint density at radius 3 is 2.58 bits per heavy atom. The summed E-state index contributed by atoms with van der Waals surface area (Å²) in [5, 5.41) is 0.300. The summed E-state index contributed by atoms with van der Waals surface area (Å²) in [6.07, 6.45) is 2.79. The van der Waals surface area contributed by atoms with E-state index in [2.05, 4.69) is 33.9 Å². The first kappa shape index (κ1) is 19.6. The minimum atomic E-state index is -3.64.